The van der Waals surface area contributed by atoms with Crippen molar-refractivity contribution in [3.63, 3.8) is 0 Å². The van der Waals surface area contributed by atoms with E-state index < -0.39 is 0 Å². The third kappa shape index (κ3) is 5.16. The number of thiazole rings is 1. The summed E-state index contributed by atoms with van der Waals surface area (Å²) >= 11 is 1.67. The minimum atomic E-state index is -0.0149. The Balaban J connectivity index is 1.61. The first-order valence-corrected chi connectivity index (χ1v) is 10.5. The fourth-order valence-electron chi connectivity index (χ4n) is 3.42. The smallest absolute Gasteiger partial charge is 0.253 e. The van der Waals surface area contributed by atoms with Crippen molar-refractivity contribution >= 4 is 23.2 Å². The lowest BCUT2D eigenvalue weighted by molar-refractivity contribution is -0.118. The number of carbonyl (C=O) groups is 2. The summed E-state index contributed by atoms with van der Waals surface area (Å²) in [7, 11) is 0. The molecular formula is C21H27N3O2S. The first-order chi connectivity index (χ1) is 13.1. The van der Waals surface area contributed by atoms with Crippen molar-refractivity contribution in [2.75, 3.05) is 19.6 Å². The first-order valence-electron chi connectivity index (χ1n) is 9.63. The Labute approximate surface area is 164 Å². The van der Waals surface area contributed by atoms with E-state index in [1.54, 1.807) is 11.3 Å². The van der Waals surface area contributed by atoms with Gasteiger partial charge in [-0.05, 0) is 37.0 Å². The normalized spacial score (nSPS) is 17.0. The fourth-order valence-corrected chi connectivity index (χ4v) is 4.40. The Kier molecular flexibility index (Phi) is 6.61. The van der Waals surface area contributed by atoms with Crippen LogP contribution in [0.2, 0.25) is 0 Å². The number of rotatable bonds is 6. The zero-order chi connectivity index (χ0) is 19.2. The Morgan fingerprint density at radius 3 is 2.78 bits per heavy atom. The van der Waals surface area contributed by atoms with Crippen LogP contribution in [0.3, 0.4) is 0 Å². The quantitative estimate of drug-likeness (QED) is 0.829. The predicted molar refractivity (Wildman–Crippen MR) is 108 cm³/mol. The fraction of sp³-hybridized carbons (Fsp3) is 0.476. The van der Waals surface area contributed by atoms with Gasteiger partial charge in [-0.2, -0.15) is 0 Å². The third-order valence-electron chi connectivity index (χ3n) is 4.99. The van der Waals surface area contributed by atoms with Crippen LogP contribution in [-0.4, -0.2) is 41.3 Å². The Morgan fingerprint density at radius 2 is 2.07 bits per heavy atom. The van der Waals surface area contributed by atoms with E-state index in [4.69, 9.17) is 4.98 Å². The number of hydrogen-bond acceptors (Lipinski definition) is 4. The lowest BCUT2D eigenvalue weighted by Crippen LogP contribution is -2.39. The van der Waals surface area contributed by atoms with Crippen LogP contribution in [0.5, 0.6) is 0 Å². The number of hydrogen-bond donors (Lipinski definition) is 1. The molecule has 1 aromatic carbocycles. The third-order valence-corrected chi connectivity index (χ3v) is 6.05. The molecule has 1 fully saturated rings. The number of aromatic nitrogens is 1. The number of likely N-dealkylation sites (tertiary alicyclic amines) is 1. The molecule has 0 bridgehead atoms. The maximum absolute atomic E-state index is 12.9. The van der Waals surface area contributed by atoms with Crippen LogP contribution in [0.15, 0.2) is 29.6 Å². The molecule has 1 aromatic heterocycles. The molecule has 0 radical (unpaired) electrons. The molecule has 1 unspecified atom stereocenters. The summed E-state index contributed by atoms with van der Waals surface area (Å²) in [6.45, 7) is 5.79. The van der Waals surface area contributed by atoms with Crippen LogP contribution in [0.1, 0.15) is 59.2 Å². The monoisotopic (exact) mass is 385 g/mol. The minimum Gasteiger partial charge on any atom is -0.356 e. The van der Waals surface area contributed by atoms with Crippen molar-refractivity contribution in [3.8, 4) is 0 Å². The average Bonchev–Trinajstić information content (AvgIpc) is 3.16. The van der Waals surface area contributed by atoms with Gasteiger partial charge in [0.25, 0.3) is 5.91 Å². The van der Waals surface area contributed by atoms with Crippen molar-refractivity contribution < 1.29 is 9.59 Å². The van der Waals surface area contributed by atoms with Gasteiger partial charge in [0.2, 0.25) is 5.91 Å². The summed E-state index contributed by atoms with van der Waals surface area (Å²) in [6, 6.07) is 7.95. The van der Waals surface area contributed by atoms with E-state index in [1.807, 2.05) is 29.2 Å². The zero-order valence-electron chi connectivity index (χ0n) is 16.0. The summed E-state index contributed by atoms with van der Waals surface area (Å²) in [5.74, 6) is 0.403. The molecule has 2 amide bonds. The van der Waals surface area contributed by atoms with Crippen molar-refractivity contribution in [2.45, 2.75) is 45.4 Å². The molecule has 1 aliphatic heterocycles. The number of aryl methyl sites for hydroxylation is 1. The molecule has 0 saturated carbocycles. The Bertz CT molecular complexity index is 785. The first kappa shape index (κ1) is 19.5. The topological polar surface area (TPSA) is 62.3 Å². The predicted octanol–water partition coefficient (Wildman–Crippen LogP) is 3.40. The second kappa shape index (κ2) is 9.13. The largest absolute Gasteiger partial charge is 0.356 e. The van der Waals surface area contributed by atoms with E-state index >= 15 is 0 Å². The van der Waals surface area contributed by atoms with E-state index in [2.05, 4.69) is 17.6 Å². The second-order valence-corrected chi connectivity index (χ2v) is 7.94. The van der Waals surface area contributed by atoms with E-state index in [-0.39, 0.29) is 11.8 Å². The molecule has 27 heavy (non-hydrogen) atoms. The van der Waals surface area contributed by atoms with Gasteiger partial charge in [-0.25, -0.2) is 4.98 Å². The molecule has 0 aliphatic carbocycles. The average molecular weight is 386 g/mol. The zero-order valence-corrected chi connectivity index (χ0v) is 16.8. The van der Waals surface area contributed by atoms with E-state index in [0.717, 1.165) is 55.0 Å². The van der Waals surface area contributed by atoms with Crippen LogP contribution in [0.25, 0.3) is 0 Å². The van der Waals surface area contributed by atoms with Gasteiger partial charge in [0, 0.05) is 49.8 Å². The van der Waals surface area contributed by atoms with Crippen LogP contribution < -0.4 is 5.32 Å². The standard InChI is InChI=1S/C21H27N3O2S/c1-3-16-6-8-17(9-7-16)21(26)24-12-4-5-18(13-24)20-23-19(14-27-20)10-11-22-15(2)25/h6-9,14,18H,3-5,10-13H2,1-2H3,(H,22,25). The number of benzene rings is 1. The van der Waals surface area contributed by atoms with Crippen molar-refractivity contribution in [1.82, 2.24) is 15.2 Å². The van der Waals surface area contributed by atoms with Crippen molar-refractivity contribution in [2.24, 2.45) is 0 Å². The lowest BCUT2D eigenvalue weighted by atomic mass is 9.97. The number of amides is 2. The molecule has 2 heterocycles. The summed E-state index contributed by atoms with van der Waals surface area (Å²) in [5.41, 5.74) is 3.03. The molecule has 5 nitrogen and oxygen atoms in total. The molecule has 1 atom stereocenters. The van der Waals surface area contributed by atoms with Gasteiger partial charge in [-0.15, -0.1) is 11.3 Å². The highest BCUT2D eigenvalue weighted by Crippen LogP contribution is 2.30. The van der Waals surface area contributed by atoms with Crippen molar-refractivity contribution in [3.05, 3.63) is 51.5 Å². The van der Waals surface area contributed by atoms with Crippen LogP contribution in [0.4, 0.5) is 0 Å². The van der Waals surface area contributed by atoms with Gasteiger partial charge in [-0.3, -0.25) is 9.59 Å². The maximum Gasteiger partial charge on any atom is 0.253 e. The molecule has 144 valence electrons. The SMILES string of the molecule is CCc1ccc(C(=O)N2CCCC(c3nc(CCNC(C)=O)cs3)C2)cc1. The highest BCUT2D eigenvalue weighted by atomic mass is 32.1. The maximum atomic E-state index is 12.9. The highest BCUT2D eigenvalue weighted by molar-refractivity contribution is 7.09. The van der Waals surface area contributed by atoms with E-state index in [0.29, 0.717) is 12.5 Å². The number of nitrogens with one attached hydrogen (secondary N) is 1. The summed E-state index contributed by atoms with van der Waals surface area (Å²) in [4.78, 5) is 30.5. The molecule has 1 N–H and O–H groups in total. The van der Waals surface area contributed by atoms with Crippen LogP contribution >= 0.6 is 11.3 Å². The number of nitrogens with zero attached hydrogens (tertiary/aromatic N) is 2. The minimum absolute atomic E-state index is 0.0149. The van der Waals surface area contributed by atoms with Crippen molar-refractivity contribution in [1.29, 1.82) is 0 Å². The molecule has 1 aliphatic rings. The summed E-state index contributed by atoms with van der Waals surface area (Å²) in [5, 5.41) is 5.98. The highest BCUT2D eigenvalue weighted by Gasteiger charge is 2.27. The molecule has 2 aromatic rings. The van der Waals surface area contributed by atoms with Gasteiger partial charge in [-0.1, -0.05) is 19.1 Å². The van der Waals surface area contributed by atoms with Gasteiger partial charge >= 0.3 is 0 Å². The van der Waals surface area contributed by atoms with Gasteiger partial charge in [0.15, 0.2) is 0 Å². The van der Waals surface area contributed by atoms with Gasteiger partial charge in [0.05, 0.1) is 10.7 Å². The van der Waals surface area contributed by atoms with E-state index in [1.165, 1.54) is 12.5 Å². The van der Waals surface area contributed by atoms with Gasteiger partial charge in [0.1, 0.15) is 0 Å². The Hall–Kier alpha value is -2.21. The number of carbonyl (C=O) groups excluding carboxylic acids is 2. The Morgan fingerprint density at radius 1 is 1.30 bits per heavy atom. The van der Waals surface area contributed by atoms with E-state index in [9.17, 15) is 9.59 Å². The number of piperidine rings is 1. The molecule has 3 rings (SSSR count). The van der Waals surface area contributed by atoms with Gasteiger partial charge < -0.3 is 10.2 Å². The second-order valence-electron chi connectivity index (χ2n) is 7.05. The lowest BCUT2D eigenvalue weighted by Gasteiger charge is -2.32. The van der Waals surface area contributed by atoms with Crippen LogP contribution in [-0.2, 0) is 17.6 Å². The molecular weight excluding hydrogens is 358 g/mol. The molecule has 6 heteroatoms. The molecule has 0 spiro atoms. The summed E-state index contributed by atoms with van der Waals surface area (Å²) < 4.78 is 0. The molecule has 1 saturated heterocycles. The summed E-state index contributed by atoms with van der Waals surface area (Å²) in [6.07, 6.45) is 3.80. The van der Waals surface area contributed by atoms with Crippen LogP contribution in [0, 0.1) is 0 Å².